The second-order valence-corrected chi connectivity index (χ2v) is 10.1. The fraction of sp³-hybridized carbons (Fsp3) is 0.481. The minimum absolute atomic E-state index is 0.0892. The summed E-state index contributed by atoms with van der Waals surface area (Å²) in [5, 5.41) is 10.9. The number of carbonyl (C=O) groups excluding carboxylic acids is 2. The summed E-state index contributed by atoms with van der Waals surface area (Å²) in [5.41, 5.74) is 2.23. The van der Waals surface area contributed by atoms with E-state index in [4.69, 9.17) is 11.6 Å². The molecule has 35 heavy (non-hydrogen) atoms. The molecule has 2 aliphatic rings. The molecule has 4 rings (SSSR count). The van der Waals surface area contributed by atoms with E-state index in [1.807, 2.05) is 36.4 Å². The van der Waals surface area contributed by atoms with Crippen LogP contribution in [0.15, 0.2) is 48.5 Å². The fourth-order valence-corrected chi connectivity index (χ4v) is 5.21. The molecule has 0 spiro atoms. The SMILES string of the molecule is CN(C)C(=O)c1ccc(N2CCN(CC3CCN(C(=O)C(O)c4ccccc4)CC3)CC2)cc1Cl. The number of hydrogen-bond donors (Lipinski definition) is 1. The van der Waals surface area contributed by atoms with Crippen LogP contribution in [0, 0.1) is 5.92 Å². The van der Waals surface area contributed by atoms with E-state index < -0.39 is 6.10 Å². The predicted octanol–water partition coefficient (Wildman–Crippen LogP) is 3.14. The Morgan fingerprint density at radius 3 is 2.26 bits per heavy atom. The molecule has 0 radical (unpaired) electrons. The highest BCUT2D eigenvalue weighted by atomic mass is 35.5. The van der Waals surface area contributed by atoms with E-state index in [-0.39, 0.29) is 11.8 Å². The normalized spacial score (nSPS) is 18.4. The van der Waals surface area contributed by atoms with Crippen LogP contribution in [-0.4, -0.2) is 91.5 Å². The molecule has 0 aliphatic carbocycles. The Bertz CT molecular complexity index is 1020. The van der Waals surface area contributed by atoms with Crippen molar-refractivity contribution in [2.75, 3.05) is 64.8 Å². The molecule has 7 nitrogen and oxygen atoms in total. The number of piperidine rings is 1. The van der Waals surface area contributed by atoms with Crippen molar-refractivity contribution in [1.29, 1.82) is 0 Å². The van der Waals surface area contributed by atoms with Crippen LogP contribution in [0.3, 0.4) is 0 Å². The van der Waals surface area contributed by atoms with Crippen molar-refractivity contribution < 1.29 is 14.7 Å². The van der Waals surface area contributed by atoms with Crippen LogP contribution in [0.2, 0.25) is 5.02 Å². The highest BCUT2D eigenvalue weighted by Gasteiger charge is 2.29. The smallest absolute Gasteiger partial charge is 0.256 e. The lowest BCUT2D eigenvalue weighted by Gasteiger charge is -2.40. The Hall–Kier alpha value is -2.61. The molecule has 2 aromatic rings. The summed E-state index contributed by atoms with van der Waals surface area (Å²) in [7, 11) is 3.45. The van der Waals surface area contributed by atoms with E-state index in [9.17, 15) is 14.7 Å². The minimum Gasteiger partial charge on any atom is -0.378 e. The van der Waals surface area contributed by atoms with Crippen LogP contribution in [0.4, 0.5) is 5.69 Å². The van der Waals surface area contributed by atoms with E-state index in [0.717, 1.165) is 51.3 Å². The van der Waals surface area contributed by atoms with Crippen molar-refractivity contribution >= 4 is 29.1 Å². The van der Waals surface area contributed by atoms with Gasteiger partial charge in [0.1, 0.15) is 0 Å². The van der Waals surface area contributed by atoms with E-state index in [1.165, 1.54) is 4.90 Å². The van der Waals surface area contributed by atoms with Crippen LogP contribution < -0.4 is 4.90 Å². The van der Waals surface area contributed by atoms with Gasteiger partial charge in [-0.25, -0.2) is 0 Å². The van der Waals surface area contributed by atoms with Crippen LogP contribution in [0.5, 0.6) is 0 Å². The van der Waals surface area contributed by atoms with Gasteiger partial charge in [0.15, 0.2) is 6.10 Å². The van der Waals surface area contributed by atoms with Gasteiger partial charge in [0.25, 0.3) is 11.8 Å². The zero-order chi connectivity index (χ0) is 24.9. The third-order valence-corrected chi connectivity index (χ3v) is 7.43. The third-order valence-electron chi connectivity index (χ3n) is 7.12. The Labute approximate surface area is 212 Å². The summed E-state index contributed by atoms with van der Waals surface area (Å²) >= 11 is 6.41. The standard InChI is InChI=1S/C27H35ClN4O3/c1-29(2)26(34)23-9-8-22(18-24(23)28)31-16-14-30(15-17-31)19-20-10-12-32(13-11-20)27(35)25(33)21-6-4-3-5-7-21/h3-9,18,20,25,33H,10-17,19H2,1-2H3. The lowest BCUT2D eigenvalue weighted by Crippen LogP contribution is -2.49. The number of piperazine rings is 1. The number of benzene rings is 2. The number of aliphatic hydroxyl groups is 1. The summed E-state index contributed by atoms with van der Waals surface area (Å²) in [5.74, 6) is 0.277. The first-order valence-electron chi connectivity index (χ1n) is 12.3. The topological polar surface area (TPSA) is 67.3 Å². The van der Waals surface area contributed by atoms with E-state index in [2.05, 4.69) is 9.80 Å². The van der Waals surface area contributed by atoms with Crippen LogP contribution >= 0.6 is 11.6 Å². The molecule has 2 amide bonds. The molecular formula is C27H35ClN4O3. The number of nitrogens with zero attached hydrogens (tertiary/aromatic N) is 4. The maximum absolute atomic E-state index is 12.7. The number of hydrogen-bond acceptors (Lipinski definition) is 5. The number of anilines is 1. The van der Waals surface area contributed by atoms with E-state index >= 15 is 0 Å². The number of amides is 2. The molecule has 2 heterocycles. The largest absolute Gasteiger partial charge is 0.378 e. The Morgan fingerprint density at radius 2 is 1.66 bits per heavy atom. The molecule has 2 saturated heterocycles. The molecule has 2 aliphatic heterocycles. The van der Waals surface area contributed by atoms with Crippen molar-refractivity contribution in [2.24, 2.45) is 5.92 Å². The molecule has 2 fully saturated rings. The summed E-state index contributed by atoms with van der Waals surface area (Å²) < 4.78 is 0. The number of halogens is 1. The molecule has 188 valence electrons. The van der Waals surface area contributed by atoms with Gasteiger partial charge in [0, 0.05) is 65.6 Å². The lowest BCUT2D eigenvalue weighted by molar-refractivity contribution is -0.142. The Balaban J connectivity index is 1.23. The van der Waals surface area contributed by atoms with Crippen LogP contribution in [0.1, 0.15) is 34.9 Å². The van der Waals surface area contributed by atoms with E-state index in [1.54, 1.807) is 31.1 Å². The molecular weight excluding hydrogens is 464 g/mol. The van der Waals surface area contributed by atoms with Crippen molar-refractivity contribution in [3.63, 3.8) is 0 Å². The first kappa shape index (κ1) is 25.5. The number of aliphatic hydroxyl groups excluding tert-OH is 1. The van der Waals surface area contributed by atoms with Crippen molar-refractivity contribution in [3.05, 3.63) is 64.7 Å². The Kier molecular flexibility index (Phi) is 8.31. The molecule has 0 saturated carbocycles. The molecule has 1 unspecified atom stereocenters. The molecule has 0 aromatic heterocycles. The quantitative estimate of drug-likeness (QED) is 0.662. The maximum Gasteiger partial charge on any atom is 0.256 e. The summed E-state index contributed by atoms with van der Waals surface area (Å²) in [4.78, 5) is 33.1. The average molecular weight is 499 g/mol. The summed E-state index contributed by atoms with van der Waals surface area (Å²) in [6.45, 7) is 6.21. The number of carbonyl (C=O) groups is 2. The van der Waals surface area contributed by atoms with Gasteiger partial charge in [-0.2, -0.15) is 0 Å². The van der Waals surface area contributed by atoms with Crippen LogP contribution in [-0.2, 0) is 4.79 Å². The highest BCUT2D eigenvalue weighted by molar-refractivity contribution is 6.34. The van der Waals surface area contributed by atoms with Gasteiger partial charge in [-0.15, -0.1) is 0 Å². The summed E-state index contributed by atoms with van der Waals surface area (Å²) in [6.07, 6.45) is 0.846. The molecule has 1 atom stereocenters. The Morgan fingerprint density at radius 1 is 1.00 bits per heavy atom. The van der Waals surface area contributed by atoms with Crippen LogP contribution in [0.25, 0.3) is 0 Å². The van der Waals surface area contributed by atoms with E-state index in [0.29, 0.717) is 35.2 Å². The minimum atomic E-state index is -1.08. The molecule has 0 bridgehead atoms. The van der Waals surface area contributed by atoms with Crippen molar-refractivity contribution in [2.45, 2.75) is 18.9 Å². The van der Waals surface area contributed by atoms with Crippen molar-refractivity contribution in [1.82, 2.24) is 14.7 Å². The average Bonchev–Trinajstić information content (AvgIpc) is 2.88. The first-order chi connectivity index (χ1) is 16.8. The highest BCUT2D eigenvalue weighted by Crippen LogP contribution is 2.27. The fourth-order valence-electron chi connectivity index (χ4n) is 4.96. The van der Waals surface area contributed by atoms with Gasteiger partial charge in [-0.1, -0.05) is 41.9 Å². The monoisotopic (exact) mass is 498 g/mol. The van der Waals surface area contributed by atoms with Gasteiger partial charge in [0.2, 0.25) is 0 Å². The van der Waals surface area contributed by atoms with Gasteiger partial charge in [-0.3, -0.25) is 14.5 Å². The zero-order valence-corrected chi connectivity index (χ0v) is 21.3. The van der Waals surface area contributed by atoms with Gasteiger partial charge in [0.05, 0.1) is 10.6 Å². The predicted molar refractivity (Wildman–Crippen MR) is 139 cm³/mol. The maximum atomic E-state index is 12.7. The van der Waals surface area contributed by atoms with Gasteiger partial charge >= 0.3 is 0 Å². The summed E-state index contributed by atoms with van der Waals surface area (Å²) in [6, 6.07) is 14.8. The number of rotatable bonds is 6. The first-order valence-corrected chi connectivity index (χ1v) is 12.7. The second kappa shape index (κ2) is 11.4. The van der Waals surface area contributed by atoms with Gasteiger partial charge in [-0.05, 0) is 42.5 Å². The second-order valence-electron chi connectivity index (χ2n) is 9.73. The third kappa shape index (κ3) is 6.15. The van der Waals surface area contributed by atoms with Gasteiger partial charge < -0.3 is 19.8 Å². The molecule has 1 N–H and O–H groups in total. The molecule has 8 heteroatoms. The zero-order valence-electron chi connectivity index (χ0n) is 20.6. The molecule has 2 aromatic carbocycles. The lowest BCUT2D eigenvalue weighted by atomic mass is 9.95. The van der Waals surface area contributed by atoms with Crippen molar-refractivity contribution in [3.8, 4) is 0 Å². The number of likely N-dealkylation sites (tertiary alicyclic amines) is 1.